The first kappa shape index (κ1) is 19.9. The van der Waals surface area contributed by atoms with E-state index in [2.05, 4.69) is 36.6 Å². The standard InChI is InChI=1S/C22H22N8O2S/c1-31-15-2-3-16-17(10-15)26-18(25-16)11-23-20-19-21(30(13-24-19)14-4-9-33-12-14)28-22(27-20)29-5-7-32-8-6-29/h2-4,9-10,12-13H,5-8,11H2,1H3,(H,25,26)(H,23,27,28). The maximum atomic E-state index is 5.51. The van der Waals surface area contributed by atoms with E-state index in [1.54, 1.807) is 24.8 Å². The van der Waals surface area contributed by atoms with Crippen LogP contribution in [0.15, 0.2) is 41.4 Å². The van der Waals surface area contributed by atoms with Crippen LogP contribution in [0.25, 0.3) is 27.9 Å². The minimum absolute atomic E-state index is 0.469. The van der Waals surface area contributed by atoms with Gasteiger partial charge in [-0.25, -0.2) is 9.97 Å². The first-order chi connectivity index (χ1) is 16.3. The second-order valence-electron chi connectivity index (χ2n) is 7.66. The van der Waals surface area contributed by atoms with Crippen LogP contribution in [-0.2, 0) is 11.3 Å². The maximum Gasteiger partial charge on any atom is 0.229 e. The van der Waals surface area contributed by atoms with Crippen LogP contribution in [0.5, 0.6) is 5.75 Å². The summed E-state index contributed by atoms with van der Waals surface area (Å²) in [5.41, 5.74) is 4.33. The van der Waals surface area contributed by atoms with Crippen molar-refractivity contribution in [2.45, 2.75) is 6.54 Å². The summed E-state index contributed by atoms with van der Waals surface area (Å²) in [5.74, 6) is 2.93. The van der Waals surface area contributed by atoms with Crippen molar-refractivity contribution in [3.8, 4) is 11.4 Å². The highest BCUT2D eigenvalue weighted by molar-refractivity contribution is 7.08. The Morgan fingerprint density at radius 2 is 2.09 bits per heavy atom. The predicted molar refractivity (Wildman–Crippen MR) is 128 cm³/mol. The van der Waals surface area contributed by atoms with Gasteiger partial charge in [-0.15, -0.1) is 0 Å². The average molecular weight is 463 g/mol. The second kappa shape index (κ2) is 8.34. The third-order valence-corrected chi connectivity index (χ3v) is 6.29. The lowest BCUT2D eigenvalue weighted by atomic mass is 10.3. The molecular formula is C22H22N8O2S. The van der Waals surface area contributed by atoms with Gasteiger partial charge in [0.15, 0.2) is 17.0 Å². The molecule has 0 aliphatic carbocycles. The van der Waals surface area contributed by atoms with Crippen molar-refractivity contribution in [2.24, 2.45) is 0 Å². The van der Waals surface area contributed by atoms with E-state index >= 15 is 0 Å². The molecular weight excluding hydrogens is 440 g/mol. The highest BCUT2D eigenvalue weighted by atomic mass is 32.1. The van der Waals surface area contributed by atoms with Crippen LogP contribution in [0.4, 0.5) is 11.8 Å². The van der Waals surface area contributed by atoms with Crippen LogP contribution in [0.1, 0.15) is 5.82 Å². The monoisotopic (exact) mass is 462 g/mol. The number of H-pyrrole nitrogens is 1. The van der Waals surface area contributed by atoms with Gasteiger partial charge in [0.05, 0.1) is 43.6 Å². The molecule has 2 N–H and O–H groups in total. The van der Waals surface area contributed by atoms with Crippen LogP contribution in [-0.4, -0.2) is 62.9 Å². The number of nitrogens with zero attached hydrogens (tertiary/aromatic N) is 6. The average Bonchev–Trinajstić information content (AvgIpc) is 3.61. The number of hydrogen-bond acceptors (Lipinski definition) is 9. The molecule has 10 nitrogen and oxygen atoms in total. The number of aromatic amines is 1. The van der Waals surface area contributed by atoms with Gasteiger partial charge >= 0.3 is 0 Å². The Morgan fingerprint density at radius 3 is 2.91 bits per heavy atom. The van der Waals surface area contributed by atoms with E-state index in [4.69, 9.17) is 19.4 Å². The first-order valence-electron chi connectivity index (χ1n) is 10.7. The van der Waals surface area contributed by atoms with Crippen LogP contribution in [0.3, 0.4) is 0 Å². The van der Waals surface area contributed by atoms with E-state index < -0.39 is 0 Å². The minimum Gasteiger partial charge on any atom is -0.497 e. The lowest BCUT2D eigenvalue weighted by molar-refractivity contribution is 0.122. The number of rotatable bonds is 6. The van der Waals surface area contributed by atoms with Crippen molar-refractivity contribution >= 4 is 45.3 Å². The molecule has 0 bridgehead atoms. The van der Waals surface area contributed by atoms with E-state index in [0.29, 0.717) is 31.5 Å². The molecule has 5 heterocycles. The van der Waals surface area contributed by atoms with Crippen LogP contribution in [0, 0.1) is 0 Å². The molecule has 1 aliphatic rings. The van der Waals surface area contributed by atoms with Crippen molar-refractivity contribution in [1.82, 2.24) is 29.5 Å². The first-order valence-corrected chi connectivity index (χ1v) is 11.6. The number of imidazole rings is 2. The van der Waals surface area contributed by atoms with Gasteiger partial charge in [0.25, 0.3) is 0 Å². The van der Waals surface area contributed by atoms with Gasteiger partial charge in [-0.1, -0.05) is 0 Å². The summed E-state index contributed by atoms with van der Waals surface area (Å²) in [6.45, 7) is 3.30. The topological polar surface area (TPSA) is 106 Å². The van der Waals surface area contributed by atoms with Crippen LogP contribution >= 0.6 is 11.3 Å². The van der Waals surface area contributed by atoms with E-state index in [-0.39, 0.29) is 0 Å². The molecule has 0 atom stereocenters. The van der Waals surface area contributed by atoms with E-state index in [1.165, 1.54) is 0 Å². The summed E-state index contributed by atoms with van der Waals surface area (Å²) in [7, 11) is 1.65. The van der Waals surface area contributed by atoms with Gasteiger partial charge < -0.3 is 24.7 Å². The summed E-state index contributed by atoms with van der Waals surface area (Å²) in [4.78, 5) is 24.5. The summed E-state index contributed by atoms with van der Waals surface area (Å²) in [6, 6.07) is 7.84. The fourth-order valence-corrected chi connectivity index (χ4v) is 4.55. The number of morpholine rings is 1. The quantitative estimate of drug-likeness (QED) is 0.396. The smallest absolute Gasteiger partial charge is 0.229 e. The molecule has 0 radical (unpaired) electrons. The summed E-state index contributed by atoms with van der Waals surface area (Å²) in [5, 5.41) is 7.54. The number of benzene rings is 1. The number of fused-ring (bicyclic) bond motifs is 2. The highest BCUT2D eigenvalue weighted by Crippen LogP contribution is 2.27. The maximum absolute atomic E-state index is 5.51. The number of aromatic nitrogens is 6. The molecule has 0 amide bonds. The molecule has 1 aromatic carbocycles. The fraction of sp³-hybridized carbons (Fsp3) is 0.273. The Kier molecular flexibility index (Phi) is 5.04. The van der Waals surface area contributed by atoms with Crippen molar-refractivity contribution in [2.75, 3.05) is 43.6 Å². The normalized spacial score (nSPS) is 14.3. The molecule has 0 saturated carbocycles. The van der Waals surface area contributed by atoms with E-state index in [1.807, 2.05) is 28.1 Å². The molecule has 1 fully saturated rings. The number of methoxy groups -OCH3 is 1. The van der Waals surface area contributed by atoms with E-state index in [0.717, 1.165) is 52.5 Å². The Labute approximate surface area is 193 Å². The minimum atomic E-state index is 0.469. The van der Waals surface area contributed by atoms with Gasteiger partial charge in [-0.05, 0) is 23.6 Å². The number of nitrogens with one attached hydrogen (secondary N) is 2. The van der Waals surface area contributed by atoms with Crippen LogP contribution < -0.4 is 15.0 Å². The number of anilines is 2. The summed E-state index contributed by atoms with van der Waals surface area (Å²) < 4.78 is 12.8. The number of ether oxygens (including phenoxy) is 2. The molecule has 33 heavy (non-hydrogen) atoms. The molecule has 1 aliphatic heterocycles. The van der Waals surface area contributed by atoms with Gasteiger partial charge in [-0.3, -0.25) is 4.57 Å². The third kappa shape index (κ3) is 3.74. The van der Waals surface area contributed by atoms with E-state index in [9.17, 15) is 0 Å². The number of thiophene rings is 1. The highest BCUT2D eigenvalue weighted by Gasteiger charge is 2.20. The molecule has 4 aromatic heterocycles. The molecule has 11 heteroatoms. The SMILES string of the molecule is COc1ccc2nc(CNc3nc(N4CCOCC4)nc4c3ncn4-c3ccsc3)[nH]c2c1. The lowest BCUT2D eigenvalue weighted by Gasteiger charge is -2.27. The lowest BCUT2D eigenvalue weighted by Crippen LogP contribution is -2.37. The Balaban J connectivity index is 1.36. The molecule has 0 unspecified atom stereocenters. The molecule has 168 valence electrons. The molecule has 6 rings (SSSR count). The predicted octanol–water partition coefficient (Wildman–Crippen LogP) is 3.21. The van der Waals surface area contributed by atoms with Crippen molar-refractivity contribution in [3.05, 3.63) is 47.2 Å². The van der Waals surface area contributed by atoms with Gasteiger partial charge in [0.2, 0.25) is 5.95 Å². The Hall–Kier alpha value is -3.70. The number of hydrogen-bond donors (Lipinski definition) is 2. The Bertz CT molecular complexity index is 1410. The van der Waals surface area contributed by atoms with Crippen LogP contribution in [0.2, 0.25) is 0 Å². The zero-order chi connectivity index (χ0) is 22.2. The van der Waals surface area contributed by atoms with Crippen molar-refractivity contribution in [1.29, 1.82) is 0 Å². The van der Waals surface area contributed by atoms with Crippen molar-refractivity contribution < 1.29 is 9.47 Å². The molecule has 5 aromatic rings. The zero-order valence-corrected chi connectivity index (χ0v) is 18.8. The van der Waals surface area contributed by atoms with Gasteiger partial charge in [0.1, 0.15) is 17.9 Å². The third-order valence-electron chi connectivity index (χ3n) is 5.62. The van der Waals surface area contributed by atoms with Gasteiger partial charge in [-0.2, -0.15) is 21.3 Å². The Morgan fingerprint density at radius 1 is 1.18 bits per heavy atom. The van der Waals surface area contributed by atoms with Crippen molar-refractivity contribution in [3.63, 3.8) is 0 Å². The summed E-state index contributed by atoms with van der Waals surface area (Å²) in [6.07, 6.45) is 1.79. The molecule has 0 spiro atoms. The molecule has 1 saturated heterocycles. The van der Waals surface area contributed by atoms with Gasteiger partial charge in [0, 0.05) is 24.5 Å². The fourth-order valence-electron chi connectivity index (χ4n) is 3.92. The summed E-state index contributed by atoms with van der Waals surface area (Å²) >= 11 is 1.64. The second-order valence-corrected chi connectivity index (χ2v) is 8.44. The largest absolute Gasteiger partial charge is 0.497 e. The zero-order valence-electron chi connectivity index (χ0n) is 18.0.